The summed E-state index contributed by atoms with van der Waals surface area (Å²) in [6, 6.07) is 18.9. The summed E-state index contributed by atoms with van der Waals surface area (Å²) in [7, 11) is 0. The van der Waals surface area contributed by atoms with E-state index in [4.69, 9.17) is 4.74 Å². The maximum Gasteiger partial charge on any atom is 0.310 e. The third-order valence-corrected chi connectivity index (χ3v) is 5.37. The molecule has 0 aliphatic heterocycles. The highest BCUT2D eigenvalue weighted by Crippen LogP contribution is 2.58. The molecule has 1 fully saturated rings. The maximum absolute atomic E-state index is 12.9. The predicted octanol–water partition coefficient (Wildman–Crippen LogP) is 4.23. The van der Waals surface area contributed by atoms with Crippen molar-refractivity contribution in [3.05, 3.63) is 71.8 Å². The fourth-order valence-corrected chi connectivity index (χ4v) is 3.89. The third-order valence-electron chi connectivity index (χ3n) is 5.37. The summed E-state index contributed by atoms with van der Waals surface area (Å²) < 4.78 is 5.60. The van der Waals surface area contributed by atoms with Gasteiger partial charge >= 0.3 is 11.9 Å². The summed E-state index contributed by atoms with van der Waals surface area (Å²) in [5, 5.41) is 9.87. The van der Waals surface area contributed by atoms with Crippen LogP contribution in [0.25, 0.3) is 0 Å². The minimum Gasteiger partial charge on any atom is -0.481 e. The molecule has 0 radical (unpaired) electrons. The number of rotatable bonds is 6. The number of carbonyl (C=O) groups is 2. The molecule has 1 aliphatic rings. The molecule has 1 N–H and O–H groups in total. The molecule has 3 rings (SSSR count). The third kappa shape index (κ3) is 3.36. The number of aliphatic carboxylic acids is 1. The second-order valence-electron chi connectivity index (χ2n) is 6.92. The standard InChI is InChI=1S/C22H24O4/c1-3-14(2)26-22(25)20-17(15-10-6-4-7-11-15)19(21(23)24)18(20)16-12-8-5-9-13-16/h4-14,17-20H,3H2,1-2H3,(H,23,24)/t14-,17-,18-,19?,20?/m0/s1. The Morgan fingerprint density at radius 1 is 0.923 bits per heavy atom. The lowest BCUT2D eigenvalue weighted by atomic mass is 9.52. The Kier molecular flexibility index (Phi) is 5.40. The average molecular weight is 352 g/mol. The average Bonchev–Trinajstić information content (AvgIpc) is 2.62. The Balaban J connectivity index is 2.00. The van der Waals surface area contributed by atoms with Gasteiger partial charge < -0.3 is 9.84 Å². The first-order valence-corrected chi connectivity index (χ1v) is 9.07. The van der Waals surface area contributed by atoms with E-state index in [1.165, 1.54) is 0 Å². The second kappa shape index (κ2) is 7.73. The zero-order valence-corrected chi connectivity index (χ0v) is 15.0. The van der Waals surface area contributed by atoms with Gasteiger partial charge in [-0.1, -0.05) is 67.6 Å². The lowest BCUT2D eigenvalue weighted by Crippen LogP contribution is -2.51. The van der Waals surface area contributed by atoms with Crippen LogP contribution in [0.4, 0.5) is 0 Å². The molecular formula is C22H24O4. The van der Waals surface area contributed by atoms with Crippen LogP contribution < -0.4 is 0 Å². The molecule has 0 saturated heterocycles. The van der Waals surface area contributed by atoms with E-state index in [9.17, 15) is 14.7 Å². The largest absolute Gasteiger partial charge is 0.481 e. The topological polar surface area (TPSA) is 63.6 Å². The van der Waals surface area contributed by atoms with Crippen LogP contribution >= 0.6 is 0 Å². The normalized spacial score (nSPS) is 25.8. The predicted molar refractivity (Wildman–Crippen MR) is 98.8 cm³/mol. The monoisotopic (exact) mass is 352 g/mol. The Bertz CT molecular complexity index is 709. The molecule has 4 heteroatoms. The molecule has 0 bridgehead atoms. The van der Waals surface area contributed by atoms with Gasteiger partial charge in [0.1, 0.15) is 0 Å². The van der Waals surface area contributed by atoms with E-state index in [0.29, 0.717) is 0 Å². The Hall–Kier alpha value is -2.62. The van der Waals surface area contributed by atoms with Crippen molar-refractivity contribution in [2.24, 2.45) is 11.8 Å². The highest BCUT2D eigenvalue weighted by Gasteiger charge is 2.59. The van der Waals surface area contributed by atoms with E-state index in [-0.39, 0.29) is 23.9 Å². The van der Waals surface area contributed by atoms with Crippen LogP contribution in [0.1, 0.15) is 43.2 Å². The van der Waals surface area contributed by atoms with Crippen molar-refractivity contribution in [3.63, 3.8) is 0 Å². The number of ether oxygens (including phenoxy) is 1. The van der Waals surface area contributed by atoms with E-state index in [1.54, 1.807) is 0 Å². The number of hydrogen-bond donors (Lipinski definition) is 1. The maximum atomic E-state index is 12.9. The first-order valence-electron chi connectivity index (χ1n) is 9.07. The van der Waals surface area contributed by atoms with Crippen LogP contribution in [0.3, 0.4) is 0 Å². The van der Waals surface area contributed by atoms with Crippen LogP contribution in [-0.4, -0.2) is 23.1 Å². The first kappa shape index (κ1) is 18.2. The molecule has 0 amide bonds. The lowest BCUT2D eigenvalue weighted by Gasteiger charge is -2.49. The van der Waals surface area contributed by atoms with Gasteiger partial charge in [-0.3, -0.25) is 9.59 Å². The molecule has 136 valence electrons. The Morgan fingerprint density at radius 2 is 1.38 bits per heavy atom. The van der Waals surface area contributed by atoms with E-state index in [0.717, 1.165) is 17.5 Å². The fraction of sp³-hybridized carbons (Fsp3) is 0.364. The second-order valence-corrected chi connectivity index (χ2v) is 6.92. The molecule has 1 aliphatic carbocycles. The van der Waals surface area contributed by atoms with E-state index >= 15 is 0 Å². The molecule has 26 heavy (non-hydrogen) atoms. The number of hydrogen-bond acceptors (Lipinski definition) is 3. The SMILES string of the molecule is CC[C@H](C)OC(=O)C1[C@@H](c2ccccc2)C(C(=O)O)[C@@H]1c1ccccc1. The van der Waals surface area contributed by atoms with Crippen molar-refractivity contribution in [1.82, 2.24) is 0 Å². The van der Waals surface area contributed by atoms with Crippen molar-refractivity contribution in [1.29, 1.82) is 0 Å². The Morgan fingerprint density at radius 3 is 1.77 bits per heavy atom. The minimum atomic E-state index is -0.875. The van der Waals surface area contributed by atoms with Crippen LogP contribution in [-0.2, 0) is 14.3 Å². The van der Waals surface area contributed by atoms with E-state index in [2.05, 4.69) is 0 Å². The van der Waals surface area contributed by atoms with Gasteiger partial charge in [-0.05, 0) is 24.5 Å². The highest BCUT2D eigenvalue weighted by molar-refractivity contribution is 5.84. The van der Waals surface area contributed by atoms with Gasteiger partial charge in [0.15, 0.2) is 0 Å². The van der Waals surface area contributed by atoms with Gasteiger partial charge in [-0.25, -0.2) is 0 Å². The zero-order chi connectivity index (χ0) is 18.7. The summed E-state index contributed by atoms with van der Waals surface area (Å²) in [6.45, 7) is 3.82. The van der Waals surface area contributed by atoms with Crippen molar-refractivity contribution in [2.75, 3.05) is 0 Å². The molecule has 2 aromatic rings. The summed E-state index contributed by atoms with van der Waals surface area (Å²) in [4.78, 5) is 25.0. The van der Waals surface area contributed by atoms with Crippen LogP contribution in [0.5, 0.6) is 0 Å². The molecule has 4 nitrogen and oxygen atoms in total. The van der Waals surface area contributed by atoms with Gasteiger partial charge in [-0.2, -0.15) is 0 Å². The summed E-state index contributed by atoms with van der Waals surface area (Å²) in [5.74, 6) is -3.07. The summed E-state index contributed by atoms with van der Waals surface area (Å²) >= 11 is 0. The zero-order valence-electron chi connectivity index (χ0n) is 15.0. The molecule has 0 aromatic heterocycles. The van der Waals surface area contributed by atoms with Gasteiger partial charge in [0.25, 0.3) is 0 Å². The fourth-order valence-electron chi connectivity index (χ4n) is 3.89. The number of carbonyl (C=O) groups excluding carboxylic acids is 1. The molecular weight excluding hydrogens is 328 g/mol. The van der Waals surface area contributed by atoms with E-state index < -0.39 is 17.8 Å². The quantitative estimate of drug-likeness (QED) is 0.791. The molecule has 2 aromatic carbocycles. The number of benzene rings is 2. The Labute approximate surface area is 153 Å². The number of esters is 1. The molecule has 0 heterocycles. The molecule has 3 atom stereocenters. The van der Waals surface area contributed by atoms with Crippen molar-refractivity contribution >= 4 is 11.9 Å². The van der Waals surface area contributed by atoms with Crippen molar-refractivity contribution < 1.29 is 19.4 Å². The van der Waals surface area contributed by atoms with Gasteiger partial charge in [0.05, 0.1) is 17.9 Å². The van der Waals surface area contributed by atoms with Crippen molar-refractivity contribution in [2.45, 2.75) is 38.2 Å². The van der Waals surface area contributed by atoms with Gasteiger partial charge in [0, 0.05) is 11.8 Å². The van der Waals surface area contributed by atoms with E-state index in [1.807, 2.05) is 74.5 Å². The highest BCUT2D eigenvalue weighted by atomic mass is 16.5. The lowest BCUT2D eigenvalue weighted by molar-refractivity contribution is -0.167. The molecule has 0 spiro atoms. The summed E-state index contributed by atoms with van der Waals surface area (Å²) in [6.07, 6.45) is 0.548. The molecule has 0 unspecified atom stereocenters. The first-order chi connectivity index (χ1) is 12.5. The van der Waals surface area contributed by atoms with Crippen molar-refractivity contribution in [3.8, 4) is 0 Å². The number of carboxylic acid groups (broad SMARTS) is 1. The summed E-state index contributed by atoms with van der Waals surface area (Å²) in [5.41, 5.74) is 1.75. The smallest absolute Gasteiger partial charge is 0.310 e. The minimum absolute atomic E-state index is 0.181. The van der Waals surface area contributed by atoms with Gasteiger partial charge in [0.2, 0.25) is 0 Å². The number of carboxylic acids is 1. The van der Waals surface area contributed by atoms with Crippen LogP contribution in [0.15, 0.2) is 60.7 Å². The molecule has 1 saturated carbocycles. The van der Waals surface area contributed by atoms with Gasteiger partial charge in [-0.15, -0.1) is 0 Å². The van der Waals surface area contributed by atoms with Crippen LogP contribution in [0.2, 0.25) is 0 Å². The van der Waals surface area contributed by atoms with Crippen LogP contribution in [0, 0.1) is 11.8 Å².